The smallest absolute Gasteiger partial charge is 0.344 e. The number of carboxylic acid groups (broad SMARTS) is 1. The maximum Gasteiger partial charge on any atom is 0.344 e. The minimum absolute atomic E-state index is 0.0975. The molecule has 7 nitrogen and oxygen atoms in total. The fourth-order valence-electron chi connectivity index (χ4n) is 2.86. The second-order valence-corrected chi connectivity index (χ2v) is 6.59. The van der Waals surface area contributed by atoms with Crippen LogP contribution in [0.5, 0.6) is 17.5 Å². The average molecular weight is 393 g/mol. The summed E-state index contributed by atoms with van der Waals surface area (Å²) in [5, 5.41) is 9.13. The van der Waals surface area contributed by atoms with Gasteiger partial charge in [0.05, 0.1) is 12.4 Å². The molecule has 0 spiro atoms. The molecule has 7 heteroatoms. The molecule has 1 aromatic heterocycles. The van der Waals surface area contributed by atoms with Crippen molar-refractivity contribution in [2.45, 2.75) is 32.9 Å². The Morgan fingerprint density at radius 3 is 2.66 bits per heavy atom. The molecule has 150 valence electrons. The Morgan fingerprint density at radius 1 is 1.14 bits per heavy atom. The molecule has 3 aromatic rings. The first-order chi connectivity index (χ1) is 14.0. The minimum Gasteiger partial charge on any atom is -0.479 e. The van der Waals surface area contributed by atoms with Crippen LogP contribution in [0.15, 0.2) is 54.9 Å². The van der Waals surface area contributed by atoms with E-state index in [4.69, 9.17) is 20.3 Å². The van der Waals surface area contributed by atoms with Crippen LogP contribution >= 0.6 is 0 Å². The van der Waals surface area contributed by atoms with Gasteiger partial charge in [-0.25, -0.2) is 4.79 Å². The largest absolute Gasteiger partial charge is 0.479 e. The zero-order chi connectivity index (χ0) is 20.8. The second kappa shape index (κ2) is 9.16. The monoisotopic (exact) mass is 393 g/mol. The minimum atomic E-state index is -1.05. The Bertz CT molecular complexity index is 1010. The van der Waals surface area contributed by atoms with E-state index in [0.717, 1.165) is 22.3 Å². The van der Waals surface area contributed by atoms with Crippen molar-refractivity contribution >= 4 is 5.97 Å². The van der Waals surface area contributed by atoms with Crippen molar-refractivity contribution in [3.8, 4) is 28.6 Å². The van der Waals surface area contributed by atoms with E-state index >= 15 is 0 Å². The number of aromatic nitrogens is 2. The maximum atomic E-state index is 11.2. The van der Waals surface area contributed by atoms with E-state index in [1.54, 1.807) is 6.92 Å². The first kappa shape index (κ1) is 20.3. The molecule has 29 heavy (non-hydrogen) atoms. The molecular formula is C22H23N3O4. The van der Waals surface area contributed by atoms with Gasteiger partial charge in [0.25, 0.3) is 0 Å². The third-order valence-electron chi connectivity index (χ3n) is 4.27. The summed E-state index contributed by atoms with van der Waals surface area (Å²) in [7, 11) is 0. The Balaban J connectivity index is 1.84. The molecule has 3 rings (SSSR count). The number of carbonyl (C=O) groups is 1. The van der Waals surface area contributed by atoms with E-state index in [2.05, 4.69) is 16.0 Å². The number of hydrogen-bond acceptors (Lipinski definition) is 6. The summed E-state index contributed by atoms with van der Waals surface area (Å²) < 4.78 is 11.2. The summed E-state index contributed by atoms with van der Waals surface area (Å²) in [6, 6.07) is 13.9. The van der Waals surface area contributed by atoms with E-state index < -0.39 is 12.1 Å². The zero-order valence-electron chi connectivity index (χ0n) is 16.3. The van der Waals surface area contributed by atoms with E-state index in [1.807, 2.05) is 43.3 Å². The SMILES string of the molecule is CC[C@@H](Oc1cncc(Oc2cc(C)cc(-c3cccc(CN)c3)c2)n1)C(=O)O. The lowest BCUT2D eigenvalue weighted by Crippen LogP contribution is -2.26. The predicted molar refractivity (Wildman–Crippen MR) is 109 cm³/mol. The molecule has 0 bridgehead atoms. The van der Waals surface area contributed by atoms with Crippen molar-refractivity contribution in [1.82, 2.24) is 9.97 Å². The molecule has 0 unspecified atom stereocenters. The molecule has 0 saturated carbocycles. The third kappa shape index (κ3) is 5.30. The number of aryl methyl sites for hydroxylation is 1. The predicted octanol–water partition coefficient (Wildman–Crippen LogP) is 3.95. The van der Waals surface area contributed by atoms with Crippen molar-refractivity contribution in [2.24, 2.45) is 5.73 Å². The Labute approximate surface area is 169 Å². The lowest BCUT2D eigenvalue weighted by Gasteiger charge is -2.13. The van der Waals surface area contributed by atoms with Gasteiger partial charge in [-0.05, 0) is 53.8 Å². The van der Waals surface area contributed by atoms with Crippen molar-refractivity contribution in [3.05, 3.63) is 66.0 Å². The highest BCUT2D eigenvalue weighted by Gasteiger charge is 2.18. The van der Waals surface area contributed by atoms with Crippen LogP contribution in [0.25, 0.3) is 11.1 Å². The topological polar surface area (TPSA) is 108 Å². The van der Waals surface area contributed by atoms with Gasteiger partial charge in [-0.2, -0.15) is 4.98 Å². The van der Waals surface area contributed by atoms with Crippen LogP contribution in [0.1, 0.15) is 24.5 Å². The highest BCUT2D eigenvalue weighted by molar-refractivity contribution is 5.72. The molecule has 0 aliphatic carbocycles. The van der Waals surface area contributed by atoms with Gasteiger partial charge in [-0.15, -0.1) is 0 Å². The van der Waals surface area contributed by atoms with E-state index in [1.165, 1.54) is 12.4 Å². The van der Waals surface area contributed by atoms with Crippen LogP contribution in [0.4, 0.5) is 0 Å². The first-order valence-electron chi connectivity index (χ1n) is 9.29. The summed E-state index contributed by atoms with van der Waals surface area (Å²) in [6.45, 7) is 4.17. The maximum absolute atomic E-state index is 11.2. The molecule has 0 amide bonds. The first-order valence-corrected chi connectivity index (χ1v) is 9.29. The van der Waals surface area contributed by atoms with E-state index in [-0.39, 0.29) is 11.8 Å². The molecule has 2 aromatic carbocycles. The van der Waals surface area contributed by atoms with Gasteiger partial charge in [-0.1, -0.05) is 31.2 Å². The normalized spacial score (nSPS) is 11.7. The molecule has 0 aliphatic heterocycles. The Hall–Kier alpha value is -3.45. The fourth-order valence-corrected chi connectivity index (χ4v) is 2.86. The number of nitrogens with zero attached hydrogens (tertiary/aromatic N) is 2. The van der Waals surface area contributed by atoms with E-state index in [0.29, 0.717) is 18.7 Å². The number of rotatable bonds is 8. The molecule has 1 atom stereocenters. The molecule has 1 heterocycles. The molecule has 0 aliphatic rings. The lowest BCUT2D eigenvalue weighted by atomic mass is 10.0. The summed E-state index contributed by atoms with van der Waals surface area (Å²) in [6.07, 6.45) is 2.13. The summed E-state index contributed by atoms with van der Waals surface area (Å²) in [5.74, 6) is -0.145. The summed E-state index contributed by atoms with van der Waals surface area (Å²) >= 11 is 0. The number of hydrogen-bond donors (Lipinski definition) is 2. The summed E-state index contributed by atoms with van der Waals surface area (Å²) in [4.78, 5) is 19.4. The van der Waals surface area contributed by atoms with Gasteiger partial charge < -0.3 is 20.3 Å². The Kier molecular flexibility index (Phi) is 6.41. The number of benzene rings is 2. The van der Waals surface area contributed by atoms with E-state index in [9.17, 15) is 4.79 Å². The standard InChI is InChI=1S/C22H23N3O4/c1-3-19(22(26)27)29-21-13-24-12-20(25-21)28-18-8-14(2)7-17(10-18)16-6-4-5-15(9-16)11-23/h4-10,12-13,19H,3,11,23H2,1-2H3,(H,26,27)/t19-/m1/s1. The second-order valence-electron chi connectivity index (χ2n) is 6.59. The van der Waals surface area contributed by atoms with Gasteiger partial charge in [0.2, 0.25) is 11.8 Å². The molecule has 0 fully saturated rings. The number of carboxylic acids is 1. The van der Waals surface area contributed by atoms with Crippen LogP contribution in [-0.2, 0) is 11.3 Å². The fraction of sp³-hybridized carbons (Fsp3) is 0.227. The quantitative estimate of drug-likeness (QED) is 0.597. The molecule has 0 saturated heterocycles. The third-order valence-corrected chi connectivity index (χ3v) is 4.27. The van der Waals surface area contributed by atoms with Crippen LogP contribution in [-0.4, -0.2) is 27.1 Å². The molecular weight excluding hydrogens is 370 g/mol. The van der Waals surface area contributed by atoms with Gasteiger partial charge in [0.1, 0.15) is 5.75 Å². The van der Waals surface area contributed by atoms with Gasteiger partial charge in [0.15, 0.2) is 6.10 Å². The Morgan fingerprint density at radius 2 is 1.93 bits per heavy atom. The number of ether oxygens (including phenoxy) is 2. The van der Waals surface area contributed by atoms with Crippen molar-refractivity contribution in [1.29, 1.82) is 0 Å². The molecule has 3 N–H and O–H groups in total. The van der Waals surface area contributed by atoms with Crippen molar-refractivity contribution in [2.75, 3.05) is 0 Å². The van der Waals surface area contributed by atoms with Gasteiger partial charge >= 0.3 is 5.97 Å². The van der Waals surface area contributed by atoms with Gasteiger partial charge in [-0.3, -0.25) is 4.98 Å². The average Bonchev–Trinajstić information content (AvgIpc) is 2.71. The van der Waals surface area contributed by atoms with Crippen LogP contribution < -0.4 is 15.2 Å². The highest BCUT2D eigenvalue weighted by Crippen LogP contribution is 2.29. The van der Waals surface area contributed by atoms with Crippen LogP contribution in [0, 0.1) is 6.92 Å². The van der Waals surface area contributed by atoms with Crippen LogP contribution in [0.2, 0.25) is 0 Å². The highest BCUT2D eigenvalue weighted by atomic mass is 16.5. The van der Waals surface area contributed by atoms with Crippen LogP contribution in [0.3, 0.4) is 0 Å². The number of nitrogens with two attached hydrogens (primary N) is 1. The summed E-state index contributed by atoms with van der Waals surface area (Å²) in [5.41, 5.74) is 9.85. The lowest BCUT2D eigenvalue weighted by molar-refractivity contribution is -0.145. The number of aliphatic carboxylic acids is 1. The zero-order valence-corrected chi connectivity index (χ0v) is 16.3. The molecule has 0 radical (unpaired) electrons. The van der Waals surface area contributed by atoms with Crippen molar-refractivity contribution in [3.63, 3.8) is 0 Å². The van der Waals surface area contributed by atoms with Crippen molar-refractivity contribution < 1.29 is 19.4 Å². The van der Waals surface area contributed by atoms with Gasteiger partial charge in [0, 0.05) is 6.54 Å².